The van der Waals surface area contributed by atoms with E-state index in [0.717, 1.165) is 57.2 Å². The molecule has 0 aliphatic rings. The summed E-state index contributed by atoms with van der Waals surface area (Å²) in [5.74, 6) is 0.325. The van der Waals surface area contributed by atoms with E-state index >= 15 is 0 Å². The van der Waals surface area contributed by atoms with Crippen molar-refractivity contribution in [3.63, 3.8) is 0 Å². The van der Waals surface area contributed by atoms with E-state index in [-0.39, 0.29) is 0 Å². The van der Waals surface area contributed by atoms with Gasteiger partial charge < -0.3 is 4.90 Å². The molecule has 1 heterocycles. The van der Waals surface area contributed by atoms with Crippen molar-refractivity contribution in [1.82, 2.24) is 4.98 Å². The minimum atomic E-state index is -4.54. The number of halogens is 3. The second kappa shape index (κ2) is 12.6. The summed E-state index contributed by atoms with van der Waals surface area (Å²) in [6, 6.07) is 2.64. The summed E-state index contributed by atoms with van der Waals surface area (Å²) < 4.78 is 39.8. The van der Waals surface area contributed by atoms with Crippen molar-refractivity contribution in [2.45, 2.75) is 84.2 Å². The summed E-state index contributed by atoms with van der Waals surface area (Å²) >= 11 is 0. The van der Waals surface area contributed by atoms with Gasteiger partial charge in [-0.15, -0.1) is 0 Å². The van der Waals surface area contributed by atoms with Crippen LogP contribution in [0.25, 0.3) is 0 Å². The van der Waals surface area contributed by atoms with Crippen LogP contribution < -0.4 is 4.90 Å². The van der Waals surface area contributed by atoms with Crippen LogP contribution in [0.15, 0.2) is 12.3 Å². The lowest BCUT2D eigenvalue weighted by molar-refractivity contribution is -0.137. The van der Waals surface area contributed by atoms with E-state index in [1.807, 2.05) is 4.90 Å². The van der Waals surface area contributed by atoms with Crippen LogP contribution in [0.1, 0.15) is 89.2 Å². The zero-order valence-corrected chi connectivity index (χ0v) is 16.6. The molecule has 0 amide bonds. The van der Waals surface area contributed by atoms with Gasteiger partial charge in [0.05, 0.1) is 11.1 Å². The Labute approximate surface area is 161 Å². The Bertz CT molecular complexity index is 579. The van der Waals surface area contributed by atoms with Crippen LogP contribution >= 0.6 is 0 Å². The van der Waals surface area contributed by atoms with E-state index in [4.69, 9.17) is 5.26 Å². The number of rotatable bonds is 13. The van der Waals surface area contributed by atoms with Crippen LogP contribution in [0.2, 0.25) is 0 Å². The number of hydrogen-bond donors (Lipinski definition) is 0. The summed E-state index contributed by atoms with van der Waals surface area (Å²) in [7, 11) is 0. The summed E-state index contributed by atoms with van der Waals surface area (Å²) in [5.41, 5.74) is -1.31. The number of pyridine rings is 1. The van der Waals surface area contributed by atoms with Crippen molar-refractivity contribution < 1.29 is 13.2 Å². The van der Waals surface area contributed by atoms with Gasteiger partial charge in [0.15, 0.2) is 0 Å². The molecule has 0 aromatic carbocycles. The average Bonchev–Trinajstić information content (AvgIpc) is 2.65. The Hall–Kier alpha value is -1.77. The van der Waals surface area contributed by atoms with Gasteiger partial charge in [0.2, 0.25) is 0 Å². The second-order valence-electron chi connectivity index (χ2n) is 7.01. The van der Waals surface area contributed by atoms with Crippen LogP contribution in [-0.4, -0.2) is 18.1 Å². The van der Waals surface area contributed by atoms with Crippen LogP contribution in [0, 0.1) is 11.3 Å². The number of anilines is 1. The fourth-order valence-corrected chi connectivity index (χ4v) is 3.09. The van der Waals surface area contributed by atoms with Crippen molar-refractivity contribution in [2.75, 3.05) is 18.0 Å². The Balaban J connectivity index is 2.82. The molecule has 0 aliphatic carbocycles. The predicted octanol–water partition coefficient (Wildman–Crippen LogP) is 6.72. The van der Waals surface area contributed by atoms with Gasteiger partial charge in [-0.05, 0) is 18.9 Å². The molecule has 0 spiro atoms. The molecule has 27 heavy (non-hydrogen) atoms. The molecule has 1 aromatic rings. The maximum Gasteiger partial charge on any atom is 0.417 e. The lowest BCUT2D eigenvalue weighted by Crippen LogP contribution is -2.27. The van der Waals surface area contributed by atoms with E-state index in [9.17, 15) is 13.2 Å². The quantitative estimate of drug-likeness (QED) is 0.355. The highest BCUT2D eigenvalue weighted by Gasteiger charge is 2.34. The summed E-state index contributed by atoms with van der Waals surface area (Å²) in [6.07, 6.45) is 7.56. The van der Waals surface area contributed by atoms with Crippen molar-refractivity contribution in [2.24, 2.45) is 0 Å². The number of hydrogen-bond acceptors (Lipinski definition) is 3. The van der Waals surface area contributed by atoms with E-state index in [1.165, 1.54) is 19.3 Å². The fraction of sp³-hybridized carbons (Fsp3) is 0.714. The minimum absolute atomic E-state index is 0.325. The van der Waals surface area contributed by atoms with Crippen molar-refractivity contribution in [1.29, 1.82) is 5.26 Å². The maximum absolute atomic E-state index is 13.3. The van der Waals surface area contributed by atoms with Gasteiger partial charge in [-0.3, -0.25) is 0 Å². The van der Waals surface area contributed by atoms with Crippen LogP contribution in [-0.2, 0) is 6.18 Å². The molecule has 0 saturated carbocycles. The topological polar surface area (TPSA) is 39.9 Å². The SMILES string of the molecule is CCCCCCCCN(CCCCCC)c1cc(C(F)(F)F)c(C#N)cn1. The maximum atomic E-state index is 13.3. The molecule has 0 aliphatic heterocycles. The second-order valence-corrected chi connectivity index (χ2v) is 7.01. The number of nitriles is 1. The first kappa shape index (κ1) is 23.3. The largest absolute Gasteiger partial charge is 0.417 e. The fourth-order valence-electron chi connectivity index (χ4n) is 3.09. The third kappa shape index (κ3) is 8.64. The Morgan fingerprint density at radius 2 is 1.44 bits per heavy atom. The number of nitrogens with zero attached hydrogens (tertiary/aromatic N) is 3. The average molecular weight is 384 g/mol. The normalized spacial score (nSPS) is 11.4. The number of alkyl halides is 3. The number of unbranched alkanes of at least 4 members (excludes halogenated alkanes) is 8. The molecule has 0 fully saturated rings. The van der Waals surface area contributed by atoms with E-state index in [2.05, 4.69) is 18.8 Å². The Morgan fingerprint density at radius 1 is 0.926 bits per heavy atom. The smallest absolute Gasteiger partial charge is 0.357 e. The molecule has 3 nitrogen and oxygen atoms in total. The zero-order valence-electron chi connectivity index (χ0n) is 16.6. The molecular formula is C21H32F3N3. The van der Waals surface area contributed by atoms with Gasteiger partial charge in [0, 0.05) is 19.3 Å². The van der Waals surface area contributed by atoms with Crippen LogP contribution in [0.4, 0.5) is 19.0 Å². The standard InChI is InChI=1S/C21H32F3N3/c1-3-5-7-9-10-12-14-27(13-11-8-6-4-2)20-15-19(21(22,23)24)18(16-25)17-26-20/h15,17H,3-14H2,1-2H3. The molecule has 1 aromatic heterocycles. The van der Waals surface area contributed by atoms with Crippen molar-refractivity contribution >= 4 is 5.82 Å². The molecular weight excluding hydrogens is 351 g/mol. The summed E-state index contributed by atoms with van der Waals surface area (Å²) in [4.78, 5) is 6.10. The minimum Gasteiger partial charge on any atom is -0.357 e. The number of aromatic nitrogens is 1. The molecule has 0 unspecified atom stereocenters. The molecule has 0 radical (unpaired) electrons. The van der Waals surface area contributed by atoms with Crippen LogP contribution in [0.3, 0.4) is 0 Å². The highest BCUT2D eigenvalue weighted by atomic mass is 19.4. The Morgan fingerprint density at radius 3 is 1.96 bits per heavy atom. The van der Waals surface area contributed by atoms with E-state index in [1.54, 1.807) is 6.07 Å². The third-order valence-corrected chi connectivity index (χ3v) is 4.70. The summed E-state index contributed by atoms with van der Waals surface area (Å²) in [5, 5.41) is 8.95. The first-order valence-electron chi connectivity index (χ1n) is 10.2. The monoisotopic (exact) mass is 383 g/mol. The van der Waals surface area contributed by atoms with Crippen LogP contribution in [0.5, 0.6) is 0 Å². The lowest BCUT2D eigenvalue weighted by Gasteiger charge is -2.25. The zero-order chi connectivity index (χ0) is 20.1. The van der Waals surface area contributed by atoms with Crippen molar-refractivity contribution in [3.8, 4) is 6.07 Å². The molecule has 1 rings (SSSR count). The van der Waals surface area contributed by atoms with Gasteiger partial charge >= 0.3 is 6.18 Å². The Kier molecular flexibility index (Phi) is 10.8. The van der Waals surface area contributed by atoms with Gasteiger partial charge in [-0.2, -0.15) is 18.4 Å². The lowest BCUT2D eigenvalue weighted by atomic mass is 10.1. The molecule has 0 saturated heterocycles. The van der Waals surface area contributed by atoms with Gasteiger partial charge in [-0.25, -0.2) is 4.98 Å². The predicted molar refractivity (Wildman–Crippen MR) is 104 cm³/mol. The van der Waals surface area contributed by atoms with E-state index < -0.39 is 17.3 Å². The molecule has 6 heteroatoms. The van der Waals surface area contributed by atoms with E-state index in [0.29, 0.717) is 18.9 Å². The van der Waals surface area contributed by atoms with Crippen molar-refractivity contribution in [3.05, 3.63) is 23.4 Å². The van der Waals surface area contributed by atoms with Gasteiger partial charge in [0.25, 0.3) is 0 Å². The first-order valence-corrected chi connectivity index (χ1v) is 10.2. The molecule has 0 N–H and O–H groups in total. The van der Waals surface area contributed by atoms with Gasteiger partial charge in [-0.1, -0.05) is 65.2 Å². The van der Waals surface area contributed by atoms with Gasteiger partial charge in [0.1, 0.15) is 11.9 Å². The molecule has 152 valence electrons. The molecule has 0 bridgehead atoms. The molecule has 0 atom stereocenters. The highest BCUT2D eigenvalue weighted by molar-refractivity contribution is 5.48. The highest BCUT2D eigenvalue weighted by Crippen LogP contribution is 2.33. The summed E-state index contributed by atoms with van der Waals surface area (Å²) in [6.45, 7) is 5.71. The third-order valence-electron chi connectivity index (χ3n) is 4.70. The first-order chi connectivity index (χ1) is 12.9.